The molecule has 0 unspecified atom stereocenters. The molecule has 19 heavy (non-hydrogen) atoms. The molecule has 0 aliphatic heterocycles. The standard InChI is InChI=1S/C14H16N2O2S/c1-2-9-19(17,18)10-8-16-7-6-13-12(11-15)4-3-5-14(13)16/h3-7H,2,8-10H2,1H3. The molecular weight excluding hydrogens is 260 g/mol. The zero-order valence-electron chi connectivity index (χ0n) is 10.8. The van der Waals surface area contributed by atoms with Crippen molar-refractivity contribution >= 4 is 20.7 Å². The third kappa shape index (κ3) is 2.96. The lowest BCUT2D eigenvalue weighted by atomic mass is 10.1. The number of nitriles is 1. The van der Waals surface area contributed by atoms with Gasteiger partial charge in [-0.3, -0.25) is 0 Å². The third-order valence-corrected chi connectivity index (χ3v) is 4.93. The van der Waals surface area contributed by atoms with Crippen LogP contribution in [-0.2, 0) is 16.4 Å². The highest BCUT2D eigenvalue weighted by atomic mass is 32.2. The van der Waals surface area contributed by atoms with Gasteiger partial charge < -0.3 is 4.57 Å². The fraction of sp³-hybridized carbons (Fsp3) is 0.357. The van der Waals surface area contributed by atoms with Gasteiger partial charge in [-0.1, -0.05) is 13.0 Å². The van der Waals surface area contributed by atoms with Gasteiger partial charge in [0.15, 0.2) is 9.84 Å². The molecule has 0 aliphatic carbocycles. The van der Waals surface area contributed by atoms with E-state index in [1.807, 2.05) is 35.9 Å². The molecule has 0 N–H and O–H groups in total. The van der Waals surface area contributed by atoms with Crippen LogP contribution in [0.15, 0.2) is 30.5 Å². The van der Waals surface area contributed by atoms with Gasteiger partial charge in [-0.15, -0.1) is 0 Å². The molecule has 0 fully saturated rings. The third-order valence-electron chi connectivity index (χ3n) is 3.09. The molecule has 2 rings (SSSR count). The number of fused-ring (bicyclic) bond motifs is 1. The minimum atomic E-state index is -2.98. The molecular formula is C14H16N2O2S. The molecule has 4 nitrogen and oxygen atoms in total. The summed E-state index contributed by atoms with van der Waals surface area (Å²) in [7, 11) is -2.98. The Morgan fingerprint density at radius 2 is 2.05 bits per heavy atom. The second-order valence-electron chi connectivity index (χ2n) is 4.51. The molecule has 0 saturated carbocycles. The maximum Gasteiger partial charge on any atom is 0.152 e. The van der Waals surface area contributed by atoms with E-state index in [0.29, 0.717) is 18.5 Å². The molecule has 0 bridgehead atoms. The second kappa shape index (κ2) is 5.45. The average molecular weight is 276 g/mol. The smallest absolute Gasteiger partial charge is 0.152 e. The van der Waals surface area contributed by atoms with E-state index in [9.17, 15) is 8.42 Å². The Morgan fingerprint density at radius 1 is 1.26 bits per heavy atom. The van der Waals surface area contributed by atoms with Gasteiger partial charge in [0.05, 0.1) is 17.4 Å². The molecule has 0 amide bonds. The van der Waals surface area contributed by atoms with E-state index in [-0.39, 0.29) is 11.5 Å². The van der Waals surface area contributed by atoms with Crippen LogP contribution < -0.4 is 0 Å². The highest BCUT2D eigenvalue weighted by Gasteiger charge is 2.11. The van der Waals surface area contributed by atoms with Crippen LogP contribution in [0, 0.1) is 11.3 Å². The van der Waals surface area contributed by atoms with Gasteiger partial charge in [-0.25, -0.2) is 8.42 Å². The van der Waals surface area contributed by atoms with Crippen LogP contribution in [-0.4, -0.2) is 24.5 Å². The Hall–Kier alpha value is -1.80. The predicted octanol–water partition coefficient (Wildman–Crippen LogP) is 2.34. The summed E-state index contributed by atoms with van der Waals surface area (Å²) in [5.41, 5.74) is 1.53. The highest BCUT2D eigenvalue weighted by molar-refractivity contribution is 7.91. The van der Waals surface area contributed by atoms with Gasteiger partial charge in [0.2, 0.25) is 0 Å². The van der Waals surface area contributed by atoms with Gasteiger partial charge in [-0.05, 0) is 24.6 Å². The average Bonchev–Trinajstić information content (AvgIpc) is 2.79. The first-order chi connectivity index (χ1) is 9.07. The maximum absolute atomic E-state index is 11.7. The van der Waals surface area contributed by atoms with E-state index in [1.165, 1.54) is 0 Å². The van der Waals surface area contributed by atoms with Crippen LogP contribution in [0.1, 0.15) is 18.9 Å². The van der Waals surface area contributed by atoms with E-state index < -0.39 is 9.84 Å². The fourth-order valence-electron chi connectivity index (χ4n) is 2.17. The lowest BCUT2D eigenvalue weighted by Crippen LogP contribution is -2.15. The lowest BCUT2D eigenvalue weighted by Gasteiger charge is -2.06. The fourth-order valence-corrected chi connectivity index (χ4v) is 3.47. The quantitative estimate of drug-likeness (QED) is 0.842. The molecule has 1 heterocycles. The molecule has 0 spiro atoms. The summed E-state index contributed by atoms with van der Waals surface area (Å²) in [6.45, 7) is 2.29. The molecule has 2 aromatic rings. The number of rotatable bonds is 5. The Morgan fingerprint density at radius 3 is 2.74 bits per heavy atom. The minimum absolute atomic E-state index is 0.140. The van der Waals surface area contributed by atoms with E-state index in [0.717, 1.165) is 10.9 Å². The van der Waals surface area contributed by atoms with Crippen LogP contribution in [0.2, 0.25) is 0 Å². The number of nitrogens with zero attached hydrogens (tertiary/aromatic N) is 2. The Kier molecular flexibility index (Phi) is 3.91. The van der Waals surface area contributed by atoms with Crippen molar-refractivity contribution in [2.24, 2.45) is 0 Å². The normalized spacial score (nSPS) is 11.6. The number of hydrogen-bond acceptors (Lipinski definition) is 3. The molecule has 1 aromatic heterocycles. The number of hydrogen-bond donors (Lipinski definition) is 0. The van der Waals surface area contributed by atoms with Crippen molar-refractivity contribution in [2.75, 3.05) is 11.5 Å². The van der Waals surface area contributed by atoms with Crippen molar-refractivity contribution in [1.82, 2.24) is 4.57 Å². The van der Waals surface area contributed by atoms with E-state index >= 15 is 0 Å². The van der Waals surface area contributed by atoms with E-state index in [2.05, 4.69) is 6.07 Å². The zero-order chi connectivity index (χ0) is 13.9. The van der Waals surface area contributed by atoms with Gasteiger partial charge in [0.1, 0.15) is 0 Å². The maximum atomic E-state index is 11.7. The molecule has 0 aliphatic rings. The van der Waals surface area contributed by atoms with Crippen molar-refractivity contribution in [2.45, 2.75) is 19.9 Å². The zero-order valence-corrected chi connectivity index (χ0v) is 11.7. The Bertz CT molecular complexity index is 723. The Balaban J connectivity index is 2.26. The van der Waals surface area contributed by atoms with E-state index in [4.69, 9.17) is 5.26 Å². The van der Waals surface area contributed by atoms with Crippen LogP contribution >= 0.6 is 0 Å². The van der Waals surface area contributed by atoms with Crippen molar-refractivity contribution in [3.8, 4) is 6.07 Å². The first kappa shape index (κ1) is 13.6. The van der Waals surface area contributed by atoms with Crippen molar-refractivity contribution < 1.29 is 8.42 Å². The van der Waals surface area contributed by atoms with Crippen LogP contribution in [0.25, 0.3) is 10.9 Å². The van der Waals surface area contributed by atoms with Crippen LogP contribution in [0.5, 0.6) is 0 Å². The molecule has 5 heteroatoms. The van der Waals surface area contributed by atoms with Gasteiger partial charge >= 0.3 is 0 Å². The molecule has 0 saturated heterocycles. The summed E-state index contributed by atoms with van der Waals surface area (Å²) in [5, 5.41) is 9.89. The Labute approximate surface area is 113 Å². The number of benzene rings is 1. The first-order valence-corrected chi connectivity index (χ1v) is 8.08. The summed E-state index contributed by atoms with van der Waals surface area (Å²) < 4.78 is 25.3. The van der Waals surface area contributed by atoms with Crippen molar-refractivity contribution in [1.29, 1.82) is 5.26 Å². The van der Waals surface area contributed by atoms with Gasteiger partial charge in [-0.2, -0.15) is 5.26 Å². The number of aryl methyl sites for hydroxylation is 1. The topological polar surface area (TPSA) is 62.9 Å². The molecule has 100 valence electrons. The summed E-state index contributed by atoms with van der Waals surface area (Å²) in [6, 6.07) is 9.49. The minimum Gasteiger partial charge on any atom is -0.346 e. The summed E-state index contributed by atoms with van der Waals surface area (Å²) >= 11 is 0. The molecule has 0 atom stereocenters. The van der Waals surface area contributed by atoms with Gasteiger partial charge in [0.25, 0.3) is 0 Å². The summed E-state index contributed by atoms with van der Waals surface area (Å²) in [4.78, 5) is 0. The van der Waals surface area contributed by atoms with Crippen LogP contribution in [0.4, 0.5) is 0 Å². The summed E-state index contributed by atoms with van der Waals surface area (Å²) in [5.74, 6) is 0.372. The second-order valence-corrected chi connectivity index (χ2v) is 6.81. The monoisotopic (exact) mass is 276 g/mol. The molecule has 0 radical (unpaired) electrons. The van der Waals surface area contributed by atoms with E-state index in [1.54, 1.807) is 6.07 Å². The SMILES string of the molecule is CCCS(=O)(=O)CCn1ccc2c(C#N)cccc21. The summed E-state index contributed by atoms with van der Waals surface area (Å²) in [6.07, 6.45) is 2.49. The van der Waals surface area contributed by atoms with Gasteiger partial charge in [0, 0.05) is 29.4 Å². The molecule has 1 aromatic carbocycles. The number of aromatic nitrogens is 1. The van der Waals surface area contributed by atoms with Crippen LogP contribution in [0.3, 0.4) is 0 Å². The lowest BCUT2D eigenvalue weighted by molar-refractivity contribution is 0.588. The number of sulfone groups is 1. The van der Waals surface area contributed by atoms with Crippen molar-refractivity contribution in [3.63, 3.8) is 0 Å². The largest absolute Gasteiger partial charge is 0.346 e. The van der Waals surface area contributed by atoms with Crippen molar-refractivity contribution in [3.05, 3.63) is 36.0 Å². The predicted molar refractivity (Wildman–Crippen MR) is 75.6 cm³/mol. The first-order valence-electron chi connectivity index (χ1n) is 6.26. The highest BCUT2D eigenvalue weighted by Crippen LogP contribution is 2.19.